The normalized spacial score (nSPS) is 13.5. The Balaban J connectivity index is 0.00000504. The van der Waals surface area contributed by atoms with Crippen LogP contribution in [0.5, 0.6) is 5.75 Å². The molecule has 1 aromatic carbocycles. The fourth-order valence-corrected chi connectivity index (χ4v) is 6.40. The number of nitrogens with two attached hydrogens (primary N) is 1. The Morgan fingerprint density at radius 1 is 1.00 bits per heavy atom. The maximum absolute atomic E-state index is 13.8. The van der Waals surface area contributed by atoms with Gasteiger partial charge in [0.15, 0.2) is 5.69 Å². The van der Waals surface area contributed by atoms with Crippen LogP contribution in [0.4, 0.5) is 17.1 Å². The average Bonchev–Trinajstić information content (AvgIpc) is 3.87. The molecule has 4 aromatic heterocycles. The van der Waals surface area contributed by atoms with E-state index in [4.69, 9.17) is 22.7 Å². The molecule has 51 heavy (non-hydrogen) atoms. The number of carbonyl (C=O) groups excluding carboxylic acids is 4. The van der Waals surface area contributed by atoms with Crippen LogP contribution in [-0.2, 0) is 21.1 Å². The fraction of sp³-hybridized carbons (Fsp3) is 0.281. The van der Waals surface area contributed by atoms with Crippen molar-refractivity contribution in [2.75, 3.05) is 34.5 Å². The molecule has 0 aliphatic carbocycles. The molecule has 268 valence electrons. The van der Waals surface area contributed by atoms with Gasteiger partial charge in [-0.05, 0) is 24.6 Å². The summed E-state index contributed by atoms with van der Waals surface area (Å²) in [6.07, 6.45) is 3.37. The molecule has 5 heterocycles. The van der Waals surface area contributed by atoms with Crippen molar-refractivity contribution in [2.45, 2.75) is 19.3 Å². The number of aromatic nitrogens is 6. The topological polar surface area (TPSA) is 234 Å². The Hall–Kier alpha value is -5.81. The second-order valence-corrected chi connectivity index (χ2v) is 12.4. The molecule has 0 fully saturated rings. The van der Waals surface area contributed by atoms with E-state index in [1.165, 1.54) is 45.5 Å². The zero-order chi connectivity index (χ0) is 36.0. The number of phenols is 1. The molecular formula is C32H36Cl2N12O5. The van der Waals surface area contributed by atoms with Gasteiger partial charge >= 0.3 is 0 Å². The van der Waals surface area contributed by atoms with Crippen LogP contribution < -0.4 is 26.6 Å². The minimum absolute atomic E-state index is 0. The minimum atomic E-state index is -0.561. The van der Waals surface area contributed by atoms with E-state index in [1.807, 2.05) is 6.92 Å². The number of fused-ring (bicyclic) bond motifs is 3. The van der Waals surface area contributed by atoms with Crippen LogP contribution >= 0.6 is 24.0 Å². The number of phenolic OH excluding ortho intramolecular Hbond substituents is 1. The van der Waals surface area contributed by atoms with E-state index >= 15 is 0 Å². The first kappa shape index (κ1) is 36.5. The Kier molecular flexibility index (Phi) is 10.2. The second kappa shape index (κ2) is 14.2. The average molecular weight is 740 g/mol. The molecule has 8 N–H and O–H groups in total. The third kappa shape index (κ3) is 6.85. The van der Waals surface area contributed by atoms with Gasteiger partial charge < -0.3 is 40.8 Å². The van der Waals surface area contributed by atoms with Crippen LogP contribution in [0, 0.1) is 12.3 Å². The van der Waals surface area contributed by atoms with Crippen molar-refractivity contribution < 1.29 is 24.3 Å². The fourth-order valence-electron chi connectivity index (χ4n) is 6.15. The first-order valence-corrected chi connectivity index (χ1v) is 16.0. The summed E-state index contributed by atoms with van der Waals surface area (Å²) in [6, 6.07) is 5.90. The Morgan fingerprint density at radius 2 is 1.61 bits per heavy atom. The van der Waals surface area contributed by atoms with Crippen molar-refractivity contribution in [3.8, 4) is 5.75 Å². The first-order valence-electron chi connectivity index (χ1n) is 15.5. The molecule has 1 atom stereocenters. The molecule has 0 bridgehead atoms. The number of aryl methyl sites for hydroxylation is 4. The van der Waals surface area contributed by atoms with E-state index in [9.17, 15) is 24.3 Å². The van der Waals surface area contributed by atoms with E-state index in [0.29, 0.717) is 34.0 Å². The molecule has 1 unspecified atom stereocenters. The lowest BCUT2D eigenvalue weighted by Crippen LogP contribution is -2.30. The first-order chi connectivity index (χ1) is 23.8. The van der Waals surface area contributed by atoms with Crippen molar-refractivity contribution >= 4 is 81.4 Å². The van der Waals surface area contributed by atoms with Crippen molar-refractivity contribution in [3.63, 3.8) is 0 Å². The number of nitrogens with zero attached hydrogens (tertiary/aromatic N) is 6. The number of hydrogen-bond donors (Lipinski definition) is 7. The predicted octanol–water partition coefficient (Wildman–Crippen LogP) is 2.95. The highest BCUT2D eigenvalue weighted by Crippen LogP contribution is 2.46. The van der Waals surface area contributed by atoms with E-state index in [0.717, 1.165) is 10.9 Å². The van der Waals surface area contributed by atoms with Crippen molar-refractivity contribution in [2.24, 2.45) is 26.9 Å². The van der Waals surface area contributed by atoms with Gasteiger partial charge in [0, 0.05) is 82.4 Å². The van der Waals surface area contributed by atoms with Gasteiger partial charge in [-0.15, -0.1) is 24.0 Å². The largest absolute Gasteiger partial charge is 0.506 e. The number of nitrogens with one attached hydrogen (secondary N) is 5. The lowest BCUT2D eigenvalue weighted by molar-refractivity contribution is 0.0943. The molecule has 1 aliphatic rings. The van der Waals surface area contributed by atoms with Gasteiger partial charge in [0.2, 0.25) is 0 Å². The Bertz CT molecular complexity index is 2210. The molecule has 0 spiro atoms. The molecule has 5 aromatic rings. The van der Waals surface area contributed by atoms with E-state index < -0.39 is 17.7 Å². The van der Waals surface area contributed by atoms with E-state index in [2.05, 4.69) is 31.2 Å². The molecule has 0 radical (unpaired) electrons. The number of halogens is 2. The summed E-state index contributed by atoms with van der Waals surface area (Å²) >= 11 is 6.32. The van der Waals surface area contributed by atoms with Gasteiger partial charge in [-0.2, -0.15) is 10.2 Å². The van der Waals surface area contributed by atoms with Gasteiger partial charge in [-0.1, -0.05) is 0 Å². The predicted molar refractivity (Wildman–Crippen MR) is 194 cm³/mol. The summed E-state index contributed by atoms with van der Waals surface area (Å²) in [7, 11) is 4.84. The smallest absolute Gasteiger partial charge is 0.278 e. The number of benzene rings is 1. The number of anilines is 3. The van der Waals surface area contributed by atoms with Gasteiger partial charge in [0.25, 0.3) is 23.6 Å². The Morgan fingerprint density at radius 3 is 2.22 bits per heavy atom. The lowest BCUT2D eigenvalue weighted by atomic mass is 9.97. The molecular weight excluding hydrogens is 703 g/mol. The third-order valence-electron chi connectivity index (χ3n) is 8.56. The summed E-state index contributed by atoms with van der Waals surface area (Å²) in [5.74, 6) is -1.96. The van der Waals surface area contributed by atoms with Crippen LogP contribution in [-0.4, -0.2) is 82.7 Å². The van der Waals surface area contributed by atoms with Crippen molar-refractivity contribution in [1.82, 2.24) is 34.4 Å². The summed E-state index contributed by atoms with van der Waals surface area (Å²) in [5, 5.41) is 38.2. The highest BCUT2D eigenvalue weighted by atomic mass is 35.5. The number of alkyl halides is 1. The molecule has 0 saturated heterocycles. The zero-order valence-corrected chi connectivity index (χ0v) is 29.6. The molecule has 6 rings (SSSR count). The summed E-state index contributed by atoms with van der Waals surface area (Å²) in [5.41, 5.74) is 9.14. The van der Waals surface area contributed by atoms with Crippen molar-refractivity contribution in [1.29, 1.82) is 5.41 Å². The monoisotopic (exact) mass is 738 g/mol. The van der Waals surface area contributed by atoms with Crippen LogP contribution in [0.25, 0.3) is 10.9 Å². The third-order valence-corrected chi connectivity index (χ3v) is 8.93. The maximum Gasteiger partial charge on any atom is 0.278 e. The van der Waals surface area contributed by atoms with E-state index in [-0.39, 0.29) is 78.3 Å². The van der Waals surface area contributed by atoms with Gasteiger partial charge in [0.05, 0.1) is 28.6 Å². The highest BCUT2D eigenvalue weighted by molar-refractivity contribution is 6.19. The van der Waals surface area contributed by atoms with E-state index in [1.54, 1.807) is 31.1 Å². The molecule has 0 saturated carbocycles. The quantitative estimate of drug-likeness (QED) is 0.0638. The second-order valence-electron chi connectivity index (χ2n) is 12.1. The van der Waals surface area contributed by atoms with Gasteiger partial charge in [-0.3, -0.25) is 34.4 Å². The number of H-pyrrole nitrogens is 1. The van der Waals surface area contributed by atoms with Crippen LogP contribution in [0.2, 0.25) is 0 Å². The molecule has 19 heteroatoms. The standard InChI is InChI=1S/C32H35ClN12O5.ClH/c1-15-26-27-16(11-33)12-45(20(27)10-24(46)28(26)40-39-15)32(50)19-9-23(44(4)41-19)31(49)38-18-8-22(43(3)14-18)30(48)37-17-7-21(42(2)13-17)29(47)36-6-5-25(34)35;/h7-10,13-14,16,46H,5-6,11-12H2,1-4H3,(H3,34,35)(H,36,47)(H,37,48)(H,38,49)(H,39,40);1H. The number of amidine groups is 1. The van der Waals surface area contributed by atoms with Gasteiger partial charge in [-0.25, -0.2) is 0 Å². The minimum Gasteiger partial charge on any atom is -0.506 e. The number of aromatic hydroxyl groups is 1. The maximum atomic E-state index is 13.8. The van der Waals surface area contributed by atoms with Crippen molar-refractivity contribution in [3.05, 3.63) is 70.7 Å². The molecule has 1 aliphatic heterocycles. The highest BCUT2D eigenvalue weighted by Gasteiger charge is 2.37. The van der Waals surface area contributed by atoms with Crippen LogP contribution in [0.15, 0.2) is 36.7 Å². The number of rotatable bonds is 10. The number of aromatic amines is 1. The number of amides is 4. The molecule has 17 nitrogen and oxygen atoms in total. The number of hydrogen-bond acceptors (Lipinski definition) is 8. The summed E-state index contributed by atoms with van der Waals surface area (Å²) in [4.78, 5) is 54.3. The number of carbonyl (C=O) groups is 4. The summed E-state index contributed by atoms with van der Waals surface area (Å²) in [6.45, 7) is 2.27. The van der Waals surface area contributed by atoms with Gasteiger partial charge in [0.1, 0.15) is 28.3 Å². The lowest BCUT2D eigenvalue weighted by Gasteiger charge is -2.16. The zero-order valence-electron chi connectivity index (χ0n) is 28.0. The van der Waals surface area contributed by atoms with Crippen LogP contribution in [0.3, 0.4) is 0 Å². The SMILES string of the molecule is Cc1n[nH]c2c(O)cc3c(c12)C(CCl)CN3C(=O)c1cc(C(=O)Nc2cc(C(=O)Nc3cc(C(=O)NCCC(=N)N)n(C)c3)n(C)c2)n(C)n1.Cl. The summed E-state index contributed by atoms with van der Waals surface area (Å²) < 4.78 is 4.39. The van der Waals surface area contributed by atoms with Crippen LogP contribution in [0.1, 0.15) is 65.5 Å². The molecule has 4 amide bonds. The Labute approximate surface area is 302 Å².